The minimum Gasteiger partial charge on any atom is -0.449 e. The molecule has 1 amide bonds. The fourth-order valence-corrected chi connectivity index (χ4v) is 2.16. The van der Waals surface area contributed by atoms with Gasteiger partial charge in [0.25, 0.3) is 5.91 Å². The number of rotatable bonds is 8. The molecule has 138 valence electrons. The third-order valence-corrected chi connectivity index (χ3v) is 3.64. The molecule has 1 aromatic carbocycles. The molecule has 0 unspecified atom stereocenters. The minimum absolute atomic E-state index is 0.00724. The lowest BCUT2D eigenvalue weighted by Gasteiger charge is -2.12. The van der Waals surface area contributed by atoms with Gasteiger partial charge < -0.3 is 19.2 Å². The molecule has 7 heteroatoms. The SMILES string of the molecule is COCCNC(=O)[C@H](C)OC(=O)c1ccc(-c2ccc(C(C)=O)cc2)o1. The van der Waals surface area contributed by atoms with Crippen molar-refractivity contribution < 1.29 is 28.3 Å². The molecule has 26 heavy (non-hydrogen) atoms. The molecular weight excluding hydrogens is 338 g/mol. The van der Waals surface area contributed by atoms with Crippen LogP contribution in [0.1, 0.15) is 34.8 Å². The van der Waals surface area contributed by atoms with E-state index in [1.54, 1.807) is 30.3 Å². The first-order valence-corrected chi connectivity index (χ1v) is 8.11. The number of nitrogens with one attached hydrogen (secondary N) is 1. The molecule has 0 aliphatic heterocycles. The van der Waals surface area contributed by atoms with E-state index in [4.69, 9.17) is 13.9 Å². The summed E-state index contributed by atoms with van der Waals surface area (Å²) in [5.74, 6) is -0.720. The summed E-state index contributed by atoms with van der Waals surface area (Å²) in [7, 11) is 1.53. The molecule has 1 aromatic heterocycles. The second-order valence-electron chi connectivity index (χ2n) is 5.63. The summed E-state index contributed by atoms with van der Waals surface area (Å²) < 4.78 is 15.4. The van der Waals surface area contributed by atoms with E-state index in [9.17, 15) is 14.4 Å². The maximum absolute atomic E-state index is 12.1. The zero-order valence-corrected chi connectivity index (χ0v) is 14.9. The molecular formula is C19H21NO6. The first-order chi connectivity index (χ1) is 12.4. The van der Waals surface area contributed by atoms with Crippen molar-refractivity contribution in [2.24, 2.45) is 0 Å². The Balaban J connectivity index is 1.98. The molecule has 0 saturated heterocycles. The number of furan rings is 1. The third-order valence-electron chi connectivity index (χ3n) is 3.64. The van der Waals surface area contributed by atoms with E-state index in [-0.39, 0.29) is 11.5 Å². The van der Waals surface area contributed by atoms with Crippen LogP contribution in [-0.2, 0) is 14.3 Å². The summed E-state index contributed by atoms with van der Waals surface area (Å²) in [4.78, 5) is 35.2. The summed E-state index contributed by atoms with van der Waals surface area (Å²) in [5, 5.41) is 2.59. The average molecular weight is 359 g/mol. The minimum atomic E-state index is -0.956. The lowest BCUT2D eigenvalue weighted by atomic mass is 10.1. The van der Waals surface area contributed by atoms with Crippen molar-refractivity contribution in [1.82, 2.24) is 5.32 Å². The maximum atomic E-state index is 12.1. The van der Waals surface area contributed by atoms with Crippen LogP contribution in [0, 0.1) is 0 Å². The van der Waals surface area contributed by atoms with Gasteiger partial charge in [-0.1, -0.05) is 24.3 Å². The molecule has 0 spiro atoms. The number of hydrogen-bond donors (Lipinski definition) is 1. The predicted octanol–water partition coefficient (Wildman–Crippen LogP) is 2.46. The highest BCUT2D eigenvalue weighted by Gasteiger charge is 2.21. The highest BCUT2D eigenvalue weighted by Crippen LogP contribution is 2.23. The van der Waals surface area contributed by atoms with E-state index < -0.39 is 18.0 Å². The number of amides is 1. The first kappa shape index (κ1) is 19.4. The van der Waals surface area contributed by atoms with Crippen LogP contribution >= 0.6 is 0 Å². The van der Waals surface area contributed by atoms with Crippen LogP contribution < -0.4 is 5.32 Å². The Morgan fingerprint density at radius 3 is 2.42 bits per heavy atom. The highest BCUT2D eigenvalue weighted by molar-refractivity contribution is 5.94. The van der Waals surface area contributed by atoms with Crippen LogP contribution in [-0.4, -0.2) is 44.0 Å². The Morgan fingerprint density at radius 2 is 1.81 bits per heavy atom. The zero-order chi connectivity index (χ0) is 19.1. The molecule has 1 atom stereocenters. The zero-order valence-electron chi connectivity index (χ0n) is 14.9. The van der Waals surface area contributed by atoms with Crippen LogP contribution in [0.15, 0.2) is 40.8 Å². The van der Waals surface area contributed by atoms with Gasteiger partial charge >= 0.3 is 5.97 Å². The molecule has 0 fully saturated rings. The molecule has 0 aliphatic rings. The van der Waals surface area contributed by atoms with Crippen molar-refractivity contribution in [3.05, 3.63) is 47.7 Å². The maximum Gasteiger partial charge on any atom is 0.375 e. The average Bonchev–Trinajstić information content (AvgIpc) is 3.12. The monoisotopic (exact) mass is 359 g/mol. The van der Waals surface area contributed by atoms with E-state index in [1.165, 1.54) is 27.0 Å². The summed E-state index contributed by atoms with van der Waals surface area (Å²) >= 11 is 0. The molecule has 2 aromatic rings. The van der Waals surface area contributed by atoms with Gasteiger partial charge in [0.1, 0.15) is 5.76 Å². The fourth-order valence-electron chi connectivity index (χ4n) is 2.16. The topological polar surface area (TPSA) is 94.8 Å². The van der Waals surface area contributed by atoms with E-state index in [1.807, 2.05) is 0 Å². The third kappa shape index (κ3) is 5.03. The van der Waals surface area contributed by atoms with Gasteiger partial charge in [-0.15, -0.1) is 0 Å². The summed E-state index contributed by atoms with van der Waals surface area (Å²) in [6.45, 7) is 3.67. The van der Waals surface area contributed by atoms with Crippen LogP contribution in [0.2, 0.25) is 0 Å². The number of benzene rings is 1. The van der Waals surface area contributed by atoms with Crippen molar-refractivity contribution in [2.45, 2.75) is 20.0 Å². The first-order valence-electron chi connectivity index (χ1n) is 8.11. The largest absolute Gasteiger partial charge is 0.449 e. The van der Waals surface area contributed by atoms with Crippen molar-refractivity contribution >= 4 is 17.7 Å². The molecule has 0 bridgehead atoms. The normalized spacial score (nSPS) is 11.7. The summed E-state index contributed by atoms with van der Waals surface area (Å²) in [6, 6.07) is 9.94. The van der Waals surface area contributed by atoms with E-state index in [0.717, 1.165) is 5.56 Å². The van der Waals surface area contributed by atoms with E-state index in [2.05, 4.69) is 5.32 Å². The number of Topliss-reactive ketones (excluding diaryl/α,β-unsaturated/α-hetero) is 1. The fraction of sp³-hybridized carbons (Fsp3) is 0.316. The van der Waals surface area contributed by atoms with Crippen molar-refractivity contribution in [2.75, 3.05) is 20.3 Å². The Hall–Kier alpha value is -2.93. The Bertz CT molecular complexity index is 778. The van der Waals surface area contributed by atoms with Gasteiger partial charge in [0, 0.05) is 24.8 Å². The molecule has 0 saturated carbocycles. The molecule has 0 radical (unpaired) electrons. The van der Waals surface area contributed by atoms with Gasteiger partial charge in [-0.3, -0.25) is 9.59 Å². The predicted molar refractivity (Wildman–Crippen MR) is 93.9 cm³/mol. The molecule has 0 aliphatic carbocycles. The van der Waals surface area contributed by atoms with Gasteiger partial charge in [0.15, 0.2) is 11.9 Å². The van der Waals surface area contributed by atoms with Gasteiger partial charge in [0.05, 0.1) is 6.61 Å². The number of ether oxygens (including phenoxy) is 2. The van der Waals surface area contributed by atoms with Gasteiger partial charge in [-0.25, -0.2) is 4.79 Å². The van der Waals surface area contributed by atoms with Gasteiger partial charge in [0.2, 0.25) is 5.76 Å². The lowest BCUT2D eigenvalue weighted by molar-refractivity contribution is -0.129. The Kier molecular flexibility index (Phi) is 6.68. The number of esters is 1. The molecule has 2 rings (SSSR count). The van der Waals surface area contributed by atoms with Crippen LogP contribution in [0.25, 0.3) is 11.3 Å². The van der Waals surface area contributed by atoms with E-state index in [0.29, 0.717) is 24.5 Å². The highest BCUT2D eigenvalue weighted by atomic mass is 16.6. The Labute approximate surface area is 151 Å². The van der Waals surface area contributed by atoms with Gasteiger partial charge in [-0.05, 0) is 26.0 Å². The number of ketones is 1. The lowest BCUT2D eigenvalue weighted by Crippen LogP contribution is -2.37. The summed E-state index contributed by atoms with van der Waals surface area (Å²) in [6.07, 6.45) is -0.956. The van der Waals surface area contributed by atoms with Crippen LogP contribution in [0.5, 0.6) is 0 Å². The molecule has 1 N–H and O–H groups in total. The van der Waals surface area contributed by atoms with Gasteiger partial charge in [-0.2, -0.15) is 0 Å². The molecule has 7 nitrogen and oxygen atoms in total. The second kappa shape index (κ2) is 8.96. The standard InChI is InChI=1S/C19H21NO6/c1-12(21)14-4-6-15(7-5-14)16-8-9-17(26-16)19(23)25-13(2)18(22)20-10-11-24-3/h4-9,13H,10-11H2,1-3H3,(H,20,22)/t13-/m0/s1. The van der Waals surface area contributed by atoms with Crippen LogP contribution in [0.3, 0.4) is 0 Å². The number of carbonyl (C=O) groups excluding carboxylic acids is 3. The number of carbonyl (C=O) groups is 3. The van der Waals surface area contributed by atoms with Crippen molar-refractivity contribution in [3.63, 3.8) is 0 Å². The van der Waals surface area contributed by atoms with E-state index >= 15 is 0 Å². The Morgan fingerprint density at radius 1 is 1.12 bits per heavy atom. The van der Waals surface area contributed by atoms with Crippen molar-refractivity contribution in [3.8, 4) is 11.3 Å². The van der Waals surface area contributed by atoms with Crippen molar-refractivity contribution in [1.29, 1.82) is 0 Å². The number of methoxy groups -OCH3 is 1. The molecule has 1 heterocycles. The quantitative estimate of drug-likeness (QED) is 0.442. The number of hydrogen-bond acceptors (Lipinski definition) is 6. The van der Waals surface area contributed by atoms with Crippen LogP contribution in [0.4, 0.5) is 0 Å². The summed E-state index contributed by atoms with van der Waals surface area (Å²) in [5.41, 5.74) is 1.31. The second-order valence-corrected chi connectivity index (χ2v) is 5.63. The smallest absolute Gasteiger partial charge is 0.375 e.